The minimum atomic E-state index is 0.0776. The third-order valence-corrected chi connectivity index (χ3v) is 5.30. The molecule has 3 heteroatoms. The van der Waals surface area contributed by atoms with Crippen LogP contribution in [0.1, 0.15) is 37.3 Å². The fraction of sp³-hybridized carbons (Fsp3) is 0.625. The number of hydrogen-bond donors (Lipinski definition) is 1. The molecule has 104 valence electrons. The van der Waals surface area contributed by atoms with Crippen LogP contribution in [0.5, 0.6) is 5.75 Å². The molecule has 2 heterocycles. The standard InChI is InChI=1S/C16H24N2O/c1-18-11-12-6-8-16(18,9-7-12)15(17)13-4-3-5-14(10-13)19-2/h3-5,10,12,15H,6-9,11,17H2,1-2H3. The Kier molecular flexibility index (Phi) is 3.27. The van der Waals surface area contributed by atoms with Gasteiger partial charge in [-0.1, -0.05) is 12.1 Å². The summed E-state index contributed by atoms with van der Waals surface area (Å²) in [5, 5.41) is 0. The average molecular weight is 260 g/mol. The summed E-state index contributed by atoms with van der Waals surface area (Å²) >= 11 is 0. The van der Waals surface area contributed by atoms with Crippen LogP contribution in [-0.4, -0.2) is 31.1 Å². The van der Waals surface area contributed by atoms with E-state index in [1.54, 1.807) is 7.11 Å². The molecule has 1 atom stereocenters. The number of nitrogens with two attached hydrogens (primary N) is 1. The Hall–Kier alpha value is -1.06. The number of hydrogen-bond acceptors (Lipinski definition) is 3. The average Bonchev–Trinajstić information content (AvgIpc) is 2.47. The van der Waals surface area contributed by atoms with Crippen molar-refractivity contribution in [3.05, 3.63) is 29.8 Å². The van der Waals surface area contributed by atoms with Crippen molar-refractivity contribution >= 4 is 0 Å². The smallest absolute Gasteiger partial charge is 0.119 e. The van der Waals surface area contributed by atoms with Gasteiger partial charge in [0.2, 0.25) is 0 Å². The molecule has 3 aliphatic rings. The van der Waals surface area contributed by atoms with Crippen LogP contribution in [0.4, 0.5) is 0 Å². The van der Waals surface area contributed by atoms with Gasteiger partial charge in [-0.15, -0.1) is 0 Å². The largest absolute Gasteiger partial charge is 0.497 e. The first-order valence-corrected chi connectivity index (χ1v) is 7.26. The number of ether oxygens (including phenoxy) is 1. The van der Waals surface area contributed by atoms with Crippen LogP contribution in [0.15, 0.2) is 24.3 Å². The second-order valence-electron chi connectivity index (χ2n) is 6.18. The minimum absolute atomic E-state index is 0.0776. The summed E-state index contributed by atoms with van der Waals surface area (Å²) in [5.41, 5.74) is 8.01. The van der Waals surface area contributed by atoms with E-state index in [9.17, 15) is 0 Å². The Morgan fingerprint density at radius 2 is 2.11 bits per heavy atom. The molecule has 2 saturated heterocycles. The Bertz CT molecular complexity index is 452. The summed E-state index contributed by atoms with van der Waals surface area (Å²) in [7, 11) is 3.95. The number of benzene rings is 1. The molecule has 2 bridgehead atoms. The lowest BCUT2D eigenvalue weighted by Crippen LogP contribution is -2.61. The Morgan fingerprint density at radius 1 is 1.37 bits per heavy atom. The maximum atomic E-state index is 6.66. The van der Waals surface area contributed by atoms with Gasteiger partial charge in [0, 0.05) is 18.1 Å². The van der Waals surface area contributed by atoms with E-state index in [0.717, 1.165) is 11.7 Å². The summed E-state index contributed by atoms with van der Waals surface area (Å²) in [6.07, 6.45) is 5.13. The summed E-state index contributed by atoms with van der Waals surface area (Å²) in [6.45, 7) is 1.21. The molecule has 1 aliphatic carbocycles. The Labute approximate surface area is 115 Å². The van der Waals surface area contributed by atoms with Crippen molar-refractivity contribution in [1.82, 2.24) is 4.90 Å². The normalized spacial score (nSPS) is 32.3. The van der Waals surface area contributed by atoms with Gasteiger partial charge in [-0.25, -0.2) is 0 Å². The van der Waals surface area contributed by atoms with Gasteiger partial charge < -0.3 is 10.5 Å². The molecular formula is C16H24N2O. The van der Waals surface area contributed by atoms with Gasteiger partial charge in [0.25, 0.3) is 0 Å². The van der Waals surface area contributed by atoms with Crippen LogP contribution >= 0.6 is 0 Å². The third-order valence-electron chi connectivity index (χ3n) is 5.30. The number of piperidine rings is 2. The van der Waals surface area contributed by atoms with Crippen molar-refractivity contribution in [2.75, 3.05) is 20.7 Å². The molecule has 2 aliphatic heterocycles. The lowest BCUT2D eigenvalue weighted by atomic mass is 9.66. The first kappa shape index (κ1) is 12.9. The third kappa shape index (κ3) is 2.05. The summed E-state index contributed by atoms with van der Waals surface area (Å²) in [6, 6.07) is 8.33. The lowest BCUT2D eigenvalue weighted by molar-refractivity contribution is -0.0335. The monoisotopic (exact) mass is 260 g/mol. The molecule has 0 spiro atoms. The van der Waals surface area contributed by atoms with Crippen molar-refractivity contribution in [1.29, 1.82) is 0 Å². The topological polar surface area (TPSA) is 38.5 Å². The van der Waals surface area contributed by atoms with Gasteiger partial charge in [-0.3, -0.25) is 4.90 Å². The van der Waals surface area contributed by atoms with Crippen LogP contribution in [0.2, 0.25) is 0 Å². The molecule has 1 aromatic rings. The van der Waals surface area contributed by atoms with E-state index in [1.165, 1.54) is 37.8 Å². The molecule has 0 aromatic heterocycles. The zero-order valence-corrected chi connectivity index (χ0v) is 11.9. The van der Waals surface area contributed by atoms with Gasteiger partial charge in [-0.2, -0.15) is 0 Å². The number of fused-ring (bicyclic) bond motifs is 3. The van der Waals surface area contributed by atoms with Crippen LogP contribution in [0, 0.1) is 5.92 Å². The van der Waals surface area contributed by atoms with Crippen LogP contribution in [0.25, 0.3) is 0 Å². The summed E-state index contributed by atoms with van der Waals surface area (Å²) < 4.78 is 5.33. The highest BCUT2D eigenvalue weighted by Gasteiger charge is 2.48. The molecule has 1 saturated carbocycles. The maximum absolute atomic E-state index is 6.66. The van der Waals surface area contributed by atoms with E-state index in [4.69, 9.17) is 10.5 Å². The zero-order valence-electron chi connectivity index (χ0n) is 11.9. The van der Waals surface area contributed by atoms with Crippen molar-refractivity contribution in [3.8, 4) is 5.75 Å². The molecule has 0 amide bonds. The van der Waals surface area contributed by atoms with Crippen LogP contribution in [0.3, 0.4) is 0 Å². The molecule has 19 heavy (non-hydrogen) atoms. The fourth-order valence-electron chi connectivity index (χ4n) is 4.00. The summed E-state index contributed by atoms with van der Waals surface area (Å²) in [5.74, 6) is 1.79. The van der Waals surface area contributed by atoms with E-state index < -0.39 is 0 Å². The summed E-state index contributed by atoms with van der Waals surface area (Å²) in [4.78, 5) is 2.51. The van der Waals surface area contributed by atoms with Gasteiger partial charge in [0.05, 0.1) is 7.11 Å². The number of nitrogens with zero attached hydrogens (tertiary/aromatic N) is 1. The van der Waals surface area contributed by atoms with E-state index in [0.29, 0.717) is 0 Å². The predicted octanol–water partition coefficient (Wildman–Crippen LogP) is 2.57. The van der Waals surface area contributed by atoms with Crippen molar-refractivity contribution in [2.45, 2.75) is 37.3 Å². The molecule has 4 rings (SSSR count). The number of rotatable bonds is 3. The van der Waals surface area contributed by atoms with Gasteiger partial charge in [0.15, 0.2) is 0 Å². The zero-order chi connectivity index (χ0) is 13.5. The van der Waals surface area contributed by atoms with Gasteiger partial charge >= 0.3 is 0 Å². The molecular weight excluding hydrogens is 236 g/mol. The lowest BCUT2D eigenvalue weighted by Gasteiger charge is -2.56. The maximum Gasteiger partial charge on any atom is 0.119 e. The van der Waals surface area contributed by atoms with E-state index in [1.807, 2.05) is 12.1 Å². The second-order valence-corrected chi connectivity index (χ2v) is 6.18. The van der Waals surface area contributed by atoms with Crippen molar-refractivity contribution < 1.29 is 4.74 Å². The minimum Gasteiger partial charge on any atom is -0.497 e. The first-order valence-electron chi connectivity index (χ1n) is 7.26. The Morgan fingerprint density at radius 3 is 2.74 bits per heavy atom. The molecule has 3 nitrogen and oxygen atoms in total. The molecule has 0 radical (unpaired) electrons. The predicted molar refractivity (Wildman–Crippen MR) is 77.2 cm³/mol. The Balaban J connectivity index is 1.91. The number of likely N-dealkylation sites (N-methyl/N-ethyl adjacent to an activating group) is 1. The van der Waals surface area contributed by atoms with Gasteiger partial charge in [-0.05, 0) is 56.3 Å². The fourth-order valence-corrected chi connectivity index (χ4v) is 4.00. The van der Waals surface area contributed by atoms with Crippen molar-refractivity contribution in [3.63, 3.8) is 0 Å². The first-order chi connectivity index (χ1) is 9.15. The van der Waals surface area contributed by atoms with Crippen molar-refractivity contribution in [2.24, 2.45) is 11.7 Å². The molecule has 3 fully saturated rings. The van der Waals surface area contributed by atoms with E-state index >= 15 is 0 Å². The molecule has 2 N–H and O–H groups in total. The van der Waals surface area contributed by atoms with Gasteiger partial charge in [0.1, 0.15) is 5.75 Å². The van der Waals surface area contributed by atoms with Crippen LogP contribution < -0.4 is 10.5 Å². The molecule has 1 unspecified atom stereocenters. The highest BCUT2D eigenvalue weighted by atomic mass is 16.5. The number of methoxy groups -OCH3 is 1. The van der Waals surface area contributed by atoms with Crippen LogP contribution in [-0.2, 0) is 0 Å². The quantitative estimate of drug-likeness (QED) is 0.907. The molecule has 1 aromatic carbocycles. The van der Waals surface area contributed by atoms with E-state index in [-0.39, 0.29) is 11.6 Å². The van der Waals surface area contributed by atoms with E-state index in [2.05, 4.69) is 24.1 Å². The highest BCUT2D eigenvalue weighted by Crippen LogP contribution is 2.48. The second kappa shape index (κ2) is 4.80. The SMILES string of the molecule is COc1cccc(C(N)C23CCC(CC2)CN3C)c1. The highest BCUT2D eigenvalue weighted by molar-refractivity contribution is 5.33.